The molecule has 1 aliphatic carbocycles. The monoisotopic (exact) mass is 485 g/mol. The number of nitrogens with zero attached hydrogens (tertiary/aromatic N) is 5. The van der Waals surface area contributed by atoms with E-state index in [0.29, 0.717) is 23.8 Å². The molecule has 2 fully saturated rings. The standard InChI is InChI=1S/C27H31N7O2/c1-29-23-9-8-21(33(23)14-16-5-4-10-30-13-16)26-31-19-11-18(12-22(36-3)25(19)32(26)2)27(35)34-15-17-6-7-20(34)24(17)28/h4-5,8-13,17,20,24,29H,6-7,14-15,28H2,1-3H3/t17-,20-,24-/m1/s1. The lowest BCUT2D eigenvalue weighted by Crippen LogP contribution is -2.41. The molecule has 186 valence electrons. The third-order valence-electron chi connectivity index (χ3n) is 7.84. The molecule has 6 rings (SSSR count). The van der Waals surface area contributed by atoms with Gasteiger partial charge in [-0.1, -0.05) is 6.07 Å². The van der Waals surface area contributed by atoms with E-state index in [4.69, 9.17) is 15.5 Å². The average molecular weight is 486 g/mol. The minimum atomic E-state index is 0.00229. The average Bonchev–Trinajstić information content (AvgIpc) is 3.65. The van der Waals surface area contributed by atoms with Gasteiger partial charge in [-0.3, -0.25) is 9.78 Å². The van der Waals surface area contributed by atoms with Crippen molar-refractivity contribution in [1.82, 2.24) is 24.0 Å². The van der Waals surface area contributed by atoms with E-state index in [2.05, 4.69) is 27.0 Å². The number of aryl methyl sites for hydroxylation is 1. The van der Waals surface area contributed by atoms with E-state index >= 15 is 0 Å². The molecule has 0 radical (unpaired) electrons. The first-order valence-electron chi connectivity index (χ1n) is 12.4. The van der Waals surface area contributed by atoms with Crippen LogP contribution in [-0.2, 0) is 13.6 Å². The molecule has 4 heterocycles. The second-order valence-corrected chi connectivity index (χ2v) is 9.78. The quantitative estimate of drug-likeness (QED) is 0.435. The number of hydrogen-bond donors (Lipinski definition) is 2. The maximum absolute atomic E-state index is 13.5. The van der Waals surface area contributed by atoms with E-state index in [0.717, 1.165) is 53.3 Å². The molecule has 0 spiro atoms. The van der Waals surface area contributed by atoms with Crippen LogP contribution in [0.2, 0.25) is 0 Å². The summed E-state index contributed by atoms with van der Waals surface area (Å²) in [6.07, 6.45) is 5.73. The number of amides is 1. The van der Waals surface area contributed by atoms with E-state index in [1.807, 2.05) is 54.0 Å². The molecule has 3 atom stereocenters. The molecule has 3 N–H and O–H groups in total. The first-order chi connectivity index (χ1) is 17.5. The number of nitrogens with two attached hydrogens (primary N) is 1. The van der Waals surface area contributed by atoms with Gasteiger partial charge >= 0.3 is 0 Å². The smallest absolute Gasteiger partial charge is 0.254 e. The molecule has 9 nitrogen and oxygen atoms in total. The first-order valence-corrected chi connectivity index (χ1v) is 12.4. The van der Waals surface area contributed by atoms with Gasteiger partial charge in [0.15, 0.2) is 5.82 Å². The number of hydrogen-bond acceptors (Lipinski definition) is 6. The second kappa shape index (κ2) is 8.67. The van der Waals surface area contributed by atoms with Gasteiger partial charge in [-0.15, -0.1) is 0 Å². The lowest BCUT2D eigenvalue weighted by atomic mass is 10.1. The number of piperidine rings is 1. The number of ether oxygens (including phenoxy) is 1. The lowest BCUT2D eigenvalue weighted by Gasteiger charge is -2.27. The van der Waals surface area contributed by atoms with Crippen molar-refractivity contribution in [1.29, 1.82) is 0 Å². The van der Waals surface area contributed by atoms with Crippen LogP contribution in [0.15, 0.2) is 48.8 Å². The highest BCUT2D eigenvalue weighted by Gasteiger charge is 2.47. The molecular weight excluding hydrogens is 454 g/mol. The second-order valence-electron chi connectivity index (χ2n) is 9.78. The van der Waals surface area contributed by atoms with Gasteiger partial charge in [0.05, 0.1) is 24.9 Å². The fourth-order valence-corrected chi connectivity index (χ4v) is 5.99. The van der Waals surface area contributed by atoms with Gasteiger partial charge in [0.25, 0.3) is 5.91 Å². The number of pyridine rings is 1. The maximum atomic E-state index is 13.5. The van der Waals surface area contributed by atoms with Crippen LogP contribution in [0, 0.1) is 5.92 Å². The van der Waals surface area contributed by atoms with Gasteiger partial charge in [-0.05, 0) is 54.7 Å². The number of nitrogens with one attached hydrogen (secondary N) is 1. The van der Waals surface area contributed by atoms with Gasteiger partial charge in [0.1, 0.15) is 17.1 Å². The van der Waals surface area contributed by atoms with E-state index in [1.54, 1.807) is 13.3 Å². The SMILES string of the molecule is CNc1ccc(-c2nc3cc(C(=O)N4C[C@H]5CC[C@@H]4[C@@H]5N)cc(OC)c3n2C)n1Cc1cccnc1. The molecular formula is C27H31N7O2. The zero-order valence-electron chi connectivity index (χ0n) is 20.8. The van der Waals surface area contributed by atoms with Crippen molar-refractivity contribution in [3.05, 3.63) is 59.9 Å². The summed E-state index contributed by atoms with van der Waals surface area (Å²) in [6, 6.07) is 12.0. The van der Waals surface area contributed by atoms with Crippen molar-refractivity contribution in [3.63, 3.8) is 0 Å². The molecule has 2 bridgehead atoms. The molecule has 1 amide bonds. The van der Waals surface area contributed by atoms with Crippen molar-refractivity contribution < 1.29 is 9.53 Å². The first kappa shape index (κ1) is 22.6. The molecule has 1 aliphatic heterocycles. The van der Waals surface area contributed by atoms with Crippen LogP contribution in [0.25, 0.3) is 22.6 Å². The topological polar surface area (TPSA) is 103 Å². The van der Waals surface area contributed by atoms with Crippen LogP contribution in [0.3, 0.4) is 0 Å². The van der Waals surface area contributed by atoms with E-state index < -0.39 is 0 Å². The molecule has 2 aliphatic rings. The van der Waals surface area contributed by atoms with Crippen LogP contribution < -0.4 is 15.8 Å². The molecule has 4 aromatic rings. The number of methoxy groups -OCH3 is 1. The Morgan fingerprint density at radius 3 is 2.78 bits per heavy atom. The molecule has 1 saturated heterocycles. The number of carbonyl (C=O) groups excluding carboxylic acids is 1. The Hall–Kier alpha value is -3.85. The Morgan fingerprint density at radius 2 is 2.11 bits per heavy atom. The number of fused-ring (bicyclic) bond motifs is 3. The van der Waals surface area contributed by atoms with Crippen molar-refractivity contribution in [3.8, 4) is 17.3 Å². The number of carbonyl (C=O) groups is 1. The maximum Gasteiger partial charge on any atom is 0.254 e. The normalized spacial score (nSPS) is 20.9. The van der Waals surface area contributed by atoms with Crippen LogP contribution >= 0.6 is 0 Å². The van der Waals surface area contributed by atoms with E-state index in [1.165, 1.54) is 0 Å². The van der Waals surface area contributed by atoms with Crippen LogP contribution in [0.4, 0.5) is 5.82 Å². The zero-order valence-corrected chi connectivity index (χ0v) is 20.8. The number of aromatic nitrogens is 4. The summed E-state index contributed by atoms with van der Waals surface area (Å²) in [7, 11) is 5.52. The zero-order chi connectivity index (χ0) is 25.0. The Kier molecular flexibility index (Phi) is 5.44. The third kappa shape index (κ3) is 3.45. The predicted molar refractivity (Wildman–Crippen MR) is 139 cm³/mol. The Labute approximate surface area is 209 Å². The Bertz CT molecular complexity index is 1440. The summed E-state index contributed by atoms with van der Waals surface area (Å²) in [5, 5.41) is 3.27. The number of likely N-dealkylation sites (tertiary alicyclic amines) is 1. The van der Waals surface area contributed by atoms with Crippen molar-refractivity contribution >= 4 is 22.8 Å². The van der Waals surface area contributed by atoms with Crippen LogP contribution in [0.5, 0.6) is 5.75 Å². The molecule has 0 unspecified atom stereocenters. The highest BCUT2D eigenvalue weighted by Crippen LogP contribution is 2.39. The largest absolute Gasteiger partial charge is 0.494 e. The van der Waals surface area contributed by atoms with E-state index in [9.17, 15) is 4.79 Å². The van der Waals surface area contributed by atoms with Crippen LogP contribution in [0.1, 0.15) is 28.8 Å². The number of imidazole rings is 1. The highest BCUT2D eigenvalue weighted by atomic mass is 16.5. The number of rotatable bonds is 6. The number of benzene rings is 1. The Morgan fingerprint density at radius 1 is 1.25 bits per heavy atom. The van der Waals surface area contributed by atoms with Gasteiger partial charge in [-0.2, -0.15) is 0 Å². The van der Waals surface area contributed by atoms with Gasteiger partial charge in [0, 0.05) is 50.7 Å². The summed E-state index contributed by atoms with van der Waals surface area (Å²) in [4.78, 5) is 24.7. The molecule has 1 aromatic carbocycles. The molecule has 1 saturated carbocycles. The summed E-state index contributed by atoms with van der Waals surface area (Å²) < 4.78 is 9.97. The molecule has 36 heavy (non-hydrogen) atoms. The van der Waals surface area contributed by atoms with E-state index in [-0.39, 0.29) is 18.0 Å². The minimum Gasteiger partial charge on any atom is -0.494 e. The fourth-order valence-electron chi connectivity index (χ4n) is 5.99. The van der Waals surface area contributed by atoms with Crippen molar-refractivity contribution in [2.24, 2.45) is 18.7 Å². The predicted octanol–water partition coefficient (Wildman–Crippen LogP) is 3.10. The molecule has 9 heteroatoms. The summed E-state index contributed by atoms with van der Waals surface area (Å²) >= 11 is 0. The third-order valence-corrected chi connectivity index (χ3v) is 7.84. The Balaban J connectivity index is 1.42. The summed E-state index contributed by atoms with van der Waals surface area (Å²) in [5.41, 5.74) is 10.6. The lowest BCUT2D eigenvalue weighted by molar-refractivity contribution is 0.0700. The van der Waals surface area contributed by atoms with Gasteiger partial charge in [0.2, 0.25) is 0 Å². The summed E-state index contributed by atoms with van der Waals surface area (Å²) in [6.45, 7) is 1.38. The fraction of sp³-hybridized carbons (Fsp3) is 0.370. The highest BCUT2D eigenvalue weighted by molar-refractivity contribution is 6.00. The van der Waals surface area contributed by atoms with Gasteiger partial charge in [-0.25, -0.2) is 4.98 Å². The molecule has 3 aromatic heterocycles. The minimum absolute atomic E-state index is 0.00229. The number of anilines is 1. The summed E-state index contributed by atoms with van der Waals surface area (Å²) in [5.74, 6) is 2.80. The van der Waals surface area contributed by atoms with Crippen LogP contribution in [-0.4, -0.2) is 62.7 Å². The van der Waals surface area contributed by atoms with Gasteiger partial charge < -0.3 is 29.8 Å². The van der Waals surface area contributed by atoms with Crippen molar-refractivity contribution in [2.75, 3.05) is 26.0 Å². The van der Waals surface area contributed by atoms with Crippen molar-refractivity contribution in [2.45, 2.75) is 31.5 Å².